The number of rotatable bonds is 3. The maximum atomic E-state index is 11.9. The Labute approximate surface area is 121 Å². The van der Waals surface area contributed by atoms with Crippen LogP contribution < -0.4 is 11.2 Å². The van der Waals surface area contributed by atoms with E-state index in [1.165, 1.54) is 6.20 Å². The lowest BCUT2D eigenvalue weighted by Crippen LogP contribution is -2.23. The van der Waals surface area contributed by atoms with Crippen LogP contribution in [0.3, 0.4) is 0 Å². The third-order valence-corrected chi connectivity index (χ3v) is 4.21. The molecule has 1 aliphatic rings. The number of nitrogens with zero attached hydrogens (tertiary/aromatic N) is 2. The fourth-order valence-corrected chi connectivity index (χ4v) is 2.88. The quantitative estimate of drug-likeness (QED) is 0.896. The molecule has 2 aromatic rings. The second-order valence-electron chi connectivity index (χ2n) is 6.01. The first-order valence-electron chi connectivity index (χ1n) is 7.14. The Morgan fingerprint density at radius 3 is 2.67 bits per heavy atom. The van der Waals surface area contributed by atoms with Gasteiger partial charge in [0.15, 0.2) is 0 Å². The summed E-state index contributed by atoms with van der Waals surface area (Å²) in [5.74, 6) is 1.82. The van der Waals surface area contributed by atoms with E-state index in [9.17, 15) is 9.59 Å². The molecule has 2 atom stereocenters. The molecule has 0 radical (unpaired) electrons. The highest BCUT2D eigenvalue weighted by atomic mass is 16.2. The Hall–Kier alpha value is -2.24. The fraction of sp³-hybridized carbons (Fsp3) is 0.467. The molecule has 2 heterocycles. The zero-order valence-electron chi connectivity index (χ0n) is 12.3. The van der Waals surface area contributed by atoms with Crippen molar-refractivity contribution in [2.45, 2.75) is 33.1 Å². The van der Waals surface area contributed by atoms with Crippen LogP contribution in [0.1, 0.15) is 37.4 Å². The van der Waals surface area contributed by atoms with Crippen LogP contribution in [0.15, 0.2) is 21.9 Å². The van der Waals surface area contributed by atoms with Gasteiger partial charge in [0.05, 0.1) is 11.3 Å². The topological polar surface area (TPSA) is 91.5 Å². The lowest BCUT2D eigenvalue weighted by molar-refractivity contribution is 0.547. The summed E-state index contributed by atoms with van der Waals surface area (Å²) >= 11 is 0. The van der Waals surface area contributed by atoms with Crippen molar-refractivity contribution in [3.8, 4) is 11.3 Å². The molecule has 0 aliphatic heterocycles. The van der Waals surface area contributed by atoms with Crippen LogP contribution in [0, 0.1) is 18.8 Å². The second kappa shape index (κ2) is 4.95. The molecule has 3 rings (SSSR count). The smallest absolute Gasteiger partial charge is 0.313 e. The molecule has 0 amide bonds. The number of aromatic nitrogens is 4. The summed E-state index contributed by atoms with van der Waals surface area (Å²) in [5, 5.41) is 8.27. The molecule has 2 N–H and O–H groups in total. The van der Waals surface area contributed by atoms with Gasteiger partial charge in [-0.3, -0.25) is 9.78 Å². The van der Waals surface area contributed by atoms with Crippen LogP contribution in [0.25, 0.3) is 11.3 Å². The molecular formula is C15H18N4O2. The minimum absolute atomic E-state index is 0.338. The molecule has 2 unspecified atom stereocenters. The number of nitrogens with one attached hydrogen (secondary N) is 2. The number of hydrogen-bond acceptors (Lipinski definition) is 4. The predicted molar refractivity (Wildman–Crippen MR) is 79.1 cm³/mol. The highest BCUT2D eigenvalue weighted by molar-refractivity contribution is 5.57. The van der Waals surface area contributed by atoms with Crippen LogP contribution in [-0.2, 0) is 0 Å². The van der Waals surface area contributed by atoms with Gasteiger partial charge >= 0.3 is 5.69 Å². The Balaban J connectivity index is 2.02. The third-order valence-electron chi connectivity index (χ3n) is 4.21. The van der Waals surface area contributed by atoms with Crippen LogP contribution in [0.2, 0.25) is 0 Å². The Kier molecular flexibility index (Phi) is 3.23. The van der Waals surface area contributed by atoms with Gasteiger partial charge in [0.2, 0.25) is 0 Å². The van der Waals surface area contributed by atoms with E-state index in [-0.39, 0.29) is 0 Å². The van der Waals surface area contributed by atoms with Crippen molar-refractivity contribution in [2.75, 3.05) is 0 Å². The maximum absolute atomic E-state index is 11.9. The summed E-state index contributed by atoms with van der Waals surface area (Å²) in [4.78, 5) is 27.6. The molecule has 0 bridgehead atoms. The summed E-state index contributed by atoms with van der Waals surface area (Å²) in [6.07, 6.45) is 2.54. The van der Waals surface area contributed by atoms with Gasteiger partial charge in [-0.05, 0) is 42.7 Å². The molecule has 0 aromatic carbocycles. The summed E-state index contributed by atoms with van der Waals surface area (Å²) in [6.45, 7) is 6.39. The van der Waals surface area contributed by atoms with Crippen molar-refractivity contribution >= 4 is 0 Å². The molecule has 110 valence electrons. The van der Waals surface area contributed by atoms with E-state index in [2.05, 4.69) is 34.0 Å². The Morgan fingerprint density at radius 2 is 2.05 bits per heavy atom. The van der Waals surface area contributed by atoms with E-state index in [1.54, 1.807) is 0 Å². The maximum Gasteiger partial charge on any atom is 0.325 e. The van der Waals surface area contributed by atoms with E-state index in [0.717, 1.165) is 17.7 Å². The van der Waals surface area contributed by atoms with Gasteiger partial charge in [0.25, 0.3) is 5.56 Å². The van der Waals surface area contributed by atoms with Crippen LogP contribution in [-0.4, -0.2) is 20.2 Å². The molecule has 1 fully saturated rings. The van der Waals surface area contributed by atoms with Gasteiger partial charge in [0, 0.05) is 6.20 Å². The third kappa shape index (κ3) is 2.53. The molecule has 0 saturated heterocycles. The molecule has 6 heteroatoms. The standard InChI is InChI=1S/C15H18N4O2/c1-7(2)9-4-11(9)10-5-13(19-18-8(10)3)12-6-16-15(21)17-14(12)20/h5-7,9,11H,4H2,1-3H3,(H2,16,17,20,21). The zero-order valence-corrected chi connectivity index (χ0v) is 12.3. The van der Waals surface area contributed by atoms with Crippen molar-refractivity contribution in [3.05, 3.63) is 44.4 Å². The Bertz CT molecular complexity index is 791. The lowest BCUT2D eigenvalue weighted by Gasteiger charge is -2.08. The molecule has 0 spiro atoms. The molecule has 2 aromatic heterocycles. The average Bonchev–Trinajstić information content (AvgIpc) is 3.20. The SMILES string of the molecule is Cc1nnc(-c2c[nH]c(=O)[nH]c2=O)cc1C1CC1C(C)C. The Morgan fingerprint density at radius 1 is 1.29 bits per heavy atom. The van der Waals surface area contributed by atoms with Gasteiger partial charge in [-0.25, -0.2) is 4.79 Å². The largest absolute Gasteiger partial charge is 0.325 e. The molecule has 21 heavy (non-hydrogen) atoms. The van der Waals surface area contributed by atoms with Crippen molar-refractivity contribution in [2.24, 2.45) is 11.8 Å². The second-order valence-corrected chi connectivity index (χ2v) is 6.01. The summed E-state index contributed by atoms with van der Waals surface area (Å²) in [7, 11) is 0. The van der Waals surface area contributed by atoms with Gasteiger partial charge < -0.3 is 4.98 Å². The van der Waals surface area contributed by atoms with Crippen molar-refractivity contribution in [1.82, 2.24) is 20.2 Å². The van der Waals surface area contributed by atoms with Gasteiger partial charge in [-0.1, -0.05) is 13.8 Å². The summed E-state index contributed by atoms with van der Waals surface area (Å²) < 4.78 is 0. The molecule has 6 nitrogen and oxygen atoms in total. The first kappa shape index (κ1) is 13.7. The highest BCUT2D eigenvalue weighted by Gasteiger charge is 2.41. The van der Waals surface area contributed by atoms with Crippen LogP contribution in [0.4, 0.5) is 0 Å². The first-order chi connectivity index (χ1) is 9.97. The van der Waals surface area contributed by atoms with Crippen molar-refractivity contribution in [1.29, 1.82) is 0 Å². The van der Waals surface area contributed by atoms with Gasteiger partial charge in [-0.15, -0.1) is 5.10 Å². The number of aromatic amines is 2. The molecule has 1 aliphatic carbocycles. The number of H-pyrrole nitrogens is 2. The number of hydrogen-bond donors (Lipinski definition) is 2. The van der Waals surface area contributed by atoms with E-state index in [0.29, 0.717) is 29.0 Å². The average molecular weight is 286 g/mol. The van der Waals surface area contributed by atoms with E-state index in [1.807, 2.05) is 13.0 Å². The predicted octanol–water partition coefficient (Wildman–Crippen LogP) is 1.59. The van der Waals surface area contributed by atoms with Crippen molar-refractivity contribution < 1.29 is 0 Å². The minimum Gasteiger partial charge on any atom is -0.313 e. The van der Waals surface area contributed by atoms with Crippen LogP contribution >= 0.6 is 0 Å². The summed E-state index contributed by atoms with van der Waals surface area (Å²) in [6, 6.07) is 1.93. The van der Waals surface area contributed by atoms with Crippen LogP contribution in [0.5, 0.6) is 0 Å². The zero-order chi connectivity index (χ0) is 15.1. The molecule has 1 saturated carbocycles. The lowest BCUT2D eigenvalue weighted by atomic mass is 10.0. The van der Waals surface area contributed by atoms with Gasteiger partial charge in [0.1, 0.15) is 5.69 Å². The first-order valence-corrected chi connectivity index (χ1v) is 7.14. The van der Waals surface area contributed by atoms with Crippen molar-refractivity contribution in [3.63, 3.8) is 0 Å². The highest BCUT2D eigenvalue weighted by Crippen LogP contribution is 2.52. The van der Waals surface area contributed by atoms with E-state index >= 15 is 0 Å². The molecular weight excluding hydrogens is 268 g/mol. The van der Waals surface area contributed by atoms with E-state index < -0.39 is 11.2 Å². The minimum atomic E-state index is -0.522. The summed E-state index contributed by atoms with van der Waals surface area (Å²) in [5.41, 5.74) is 1.94. The van der Waals surface area contributed by atoms with E-state index in [4.69, 9.17) is 0 Å². The normalized spacial score (nSPS) is 20.8. The monoisotopic (exact) mass is 286 g/mol. The fourth-order valence-electron chi connectivity index (χ4n) is 2.88. The number of aryl methyl sites for hydroxylation is 1. The van der Waals surface area contributed by atoms with Gasteiger partial charge in [-0.2, -0.15) is 5.10 Å².